The van der Waals surface area contributed by atoms with Crippen molar-refractivity contribution < 1.29 is 4.79 Å². The van der Waals surface area contributed by atoms with Crippen LogP contribution < -0.4 is 16.4 Å². The van der Waals surface area contributed by atoms with E-state index in [1.807, 2.05) is 11.0 Å². The minimum absolute atomic E-state index is 0.147. The molecule has 0 aromatic heterocycles. The second-order valence-electron chi connectivity index (χ2n) is 6.68. The third kappa shape index (κ3) is 3.16. The molecule has 0 unspecified atom stereocenters. The first-order valence-corrected chi connectivity index (χ1v) is 8.73. The van der Waals surface area contributed by atoms with Gasteiger partial charge in [0.15, 0.2) is 0 Å². The maximum absolute atomic E-state index is 12.2. The van der Waals surface area contributed by atoms with Gasteiger partial charge in [-0.3, -0.25) is 9.69 Å². The zero-order valence-electron chi connectivity index (χ0n) is 14.5. The van der Waals surface area contributed by atoms with Crippen molar-refractivity contribution in [3.05, 3.63) is 28.8 Å². The molecule has 8 heteroatoms. The molecule has 1 amide bonds. The van der Waals surface area contributed by atoms with Crippen LogP contribution in [0.1, 0.15) is 42.5 Å². The van der Waals surface area contributed by atoms with Crippen LogP contribution in [0.2, 0.25) is 5.02 Å². The van der Waals surface area contributed by atoms with Gasteiger partial charge in [0.05, 0.1) is 10.6 Å². The minimum atomic E-state index is -0.523. The number of amides is 1. The number of carbonyl (C=O) groups is 1. The molecule has 0 radical (unpaired) electrons. The Morgan fingerprint density at radius 1 is 1.24 bits per heavy atom. The monoisotopic (exact) mass is 362 g/mol. The predicted octanol–water partition coefficient (Wildman–Crippen LogP) is 2.15. The molecule has 7 nitrogen and oxygen atoms in total. The second-order valence-corrected chi connectivity index (χ2v) is 7.09. The molecule has 1 aliphatic heterocycles. The van der Waals surface area contributed by atoms with Crippen LogP contribution in [0.25, 0.3) is 0 Å². The maximum atomic E-state index is 12.2. The molecule has 0 bridgehead atoms. The molecular formula is C17H23ClN6O. The highest BCUT2D eigenvalue weighted by atomic mass is 35.5. The van der Waals surface area contributed by atoms with Gasteiger partial charge in [-0.05, 0) is 43.9 Å². The van der Waals surface area contributed by atoms with Crippen molar-refractivity contribution in [3.8, 4) is 0 Å². The van der Waals surface area contributed by atoms with Gasteiger partial charge in [0, 0.05) is 19.8 Å². The van der Waals surface area contributed by atoms with E-state index in [1.165, 1.54) is 11.3 Å². The number of anilines is 1. The number of aliphatic imine (C=N–C) groups is 2. The van der Waals surface area contributed by atoms with Crippen molar-refractivity contribution in [2.24, 2.45) is 21.5 Å². The molecule has 1 aromatic carbocycles. The summed E-state index contributed by atoms with van der Waals surface area (Å²) in [6.07, 6.45) is 4.95. The van der Waals surface area contributed by atoms with E-state index in [4.69, 9.17) is 23.1 Å². The molecule has 134 valence electrons. The summed E-state index contributed by atoms with van der Waals surface area (Å²) in [6.45, 7) is 0. The Morgan fingerprint density at radius 3 is 2.52 bits per heavy atom. The van der Waals surface area contributed by atoms with E-state index < -0.39 is 5.66 Å². The SMILES string of the molecule is CN(C)C(=O)c1ccc(N2C(N)=NC(N)=NC23CCCCC3)cc1Cl. The fourth-order valence-electron chi connectivity index (χ4n) is 3.55. The first-order chi connectivity index (χ1) is 11.8. The van der Waals surface area contributed by atoms with Crippen LogP contribution in [0, 0.1) is 0 Å². The van der Waals surface area contributed by atoms with Crippen LogP contribution in [0.5, 0.6) is 0 Å². The normalized spacial score (nSPS) is 19.4. The summed E-state index contributed by atoms with van der Waals surface area (Å²) in [5.41, 5.74) is 12.8. The van der Waals surface area contributed by atoms with Gasteiger partial charge in [-0.25, -0.2) is 4.99 Å². The van der Waals surface area contributed by atoms with E-state index in [0.29, 0.717) is 16.5 Å². The number of guanidine groups is 2. The van der Waals surface area contributed by atoms with Crippen LogP contribution in [-0.4, -0.2) is 42.5 Å². The van der Waals surface area contributed by atoms with E-state index in [-0.39, 0.29) is 11.9 Å². The number of carbonyl (C=O) groups excluding carboxylic acids is 1. The number of halogens is 1. The van der Waals surface area contributed by atoms with Gasteiger partial charge < -0.3 is 16.4 Å². The first-order valence-electron chi connectivity index (χ1n) is 8.35. The first kappa shape index (κ1) is 17.5. The summed E-state index contributed by atoms with van der Waals surface area (Å²) >= 11 is 6.38. The van der Waals surface area contributed by atoms with Gasteiger partial charge in [-0.15, -0.1) is 0 Å². The smallest absolute Gasteiger partial charge is 0.254 e. The summed E-state index contributed by atoms with van der Waals surface area (Å²) in [5, 5.41) is 0.373. The van der Waals surface area contributed by atoms with Crippen LogP contribution in [0.15, 0.2) is 28.2 Å². The van der Waals surface area contributed by atoms with E-state index in [9.17, 15) is 4.79 Å². The zero-order chi connectivity index (χ0) is 18.2. The van der Waals surface area contributed by atoms with Crippen molar-refractivity contribution in [2.45, 2.75) is 37.8 Å². The molecule has 0 atom stereocenters. The molecule has 0 saturated heterocycles. The van der Waals surface area contributed by atoms with Crippen LogP contribution in [0.4, 0.5) is 5.69 Å². The largest absolute Gasteiger partial charge is 0.369 e. The lowest BCUT2D eigenvalue weighted by molar-refractivity contribution is 0.0828. The third-order valence-corrected chi connectivity index (χ3v) is 5.01. The standard InChI is InChI=1S/C17H23ClN6O/c1-23(2)14(25)12-7-6-11(10-13(12)18)24-16(20)21-15(19)22-17(24)8-4-3-5-9-17/h6-7,10H,3-5,8-9H2,1-2H3,(H4,19,20,21,22). The van der Waals surface area contributed by atoms with Crippen LogP contribution >= 0.6 is 11.6 Å². The van der Waals surface area contributed by atoms with Gasteiger partial charge in [0.25, 0.3) is 5.91 Å². The van der Waals surface area contributed by atoms with Gasteiger partial charge in [-0.1, -0.05) is 18.0 Å². The van der Waals surface area contributed by atoms with E-state index >= 15 is 0 Å². The molecule has 1 aromatic rings. The van der Waals surface area contributed by atoms with Crippen molar-refractivity contribution in [1.29, 1.82) is 0 Å². The molecule has 1 saturated carbocycles. The molecule has 1 fully saturated rings. The van der Waals surface area contributed by atoms with Crippen LogP contribution in [-0.2, 0) is 0 Å². The average molecular weight is 363 g/mol. The van der Waals surface area contributed by atoms with Gasteiger partial charge in [-0.2, -0.15) is 4.99 Å². The van der Waals surface area contributed by atoms with Gasteiger partial charge in [0.2, 0.25) is 11.9 Å². The summed E-state index contributed by atoms with van der Waals surface area (Å²) in [4.78, 5) is 24.4. The Kier molecular flexibility index (Phi) is 4.60. The number of nitrogens with zero attached hydrogens (tertiary/aromatic N) is 4. The maximum Gasteiger partial charge on any atom is 0.254 e. The van der Waals surface area contributed by atoms with E-state index in [0.717, 1.165) is 31.4 Å². The number of nitrogens with two attached hydrogens (primary N) is 2. The molecule has 3 rings (SSSR count). The molecular weight excluding hydrogens is 340 g/mol. The Morgan fingerprint density at radius 2 is 1.92 bits per heavy atom. The van der Waals surface area contributed by atoms with E-state index in [1.54, 1.807) is 26.2 Å². The van der Waals surface area contributed by atoms with Crippen molar-refractivity contribution >= 4 is 35.1 Å². The van der Waals surface area contributed by atoms with Gasteiger partial charge >= 0.3 is 0 Å². The number of rotatable bonds is 2. The lowest BCUT2D eigenvalue weighted by Crippen LogP contribution is -2.58. The second kappa shape index (κ2) is 6.55. The highest BCUT2D eigenvalue weighted by Gasteiger charge is 2.42. The fraction of sp³-hybridized carbons (Fsp3) is 0.471. The molecule has 2 aliphatic rings. The Bertz CT molecular complexity index is 752. The topological polar surface area (TPSA) is 100 Å². The minimum Gasteiger partial charge on any atom is -0.369 e. The lowest BCUT2D eigenvalue weighted by Gasteiger charge is -2.45. The van der Waals surface area contributed by atoms with E-state index in [2.05, 4.69) is 9.98 Å². The van der Waals surface area contributed by atoms with Crippen molar-refractivity contribution in [3.63, 3.8) is 0 Å². The van der Waals surface area contributed by atoms with Gasteiger partial charge in [0.1, 0.15) is 5.66 Å². The molecule has 1 spiro atoms. The predicted molar refractivity (Wildman–Crippen MR) is 101 cm³/mol. The summed E-state index contributed by atoms with van der Waals surface area (Å²) in [6, 6.07) is 5.29. The van der Waals surface area contributed by atoms with Crippen molar-refractivity contribution in [1.82, 2.24) is 4.90 Å². The fourth-order valence-corrected chi connectivity index (χ4v) is 3.81. The summed E-state index contributed by atoms with van der Waals surface area (Å²) < 4.78 is 0. The quantitative estimate of drug-likeness (QED) is 0.841. The average Bonchev–Trinajstić information content (AvgIpc) is 2.54. The zero-order valence-corrected chi connectivity index (χ0v) is 15.3. The Labute approximate surface area is 152 Å². The highest BCUT2D eigenvalue weighted by molar-refractivity contribution is 6.34. The molecule has 1 heterocycles. The summed E-state index contributed by atoms with van der Waals surface area (Å²) in [7, 11) is 3.38. The molecule has 1 aliphatic carbocycles. The Balaban J connectivity index is 2.03. The molecule has 4 N–H and O–H groups in total. The Hall–Kier alpha value is -2.28. The highest BCUT2D eigenvalue weighted by Crippen LogP contribution is 2.40. The van der Waals surface area contributed by atoms with Crippen LogP contribution in [0.3, 0.4) is 0 Å². The van der Waals surface area contributed by atoms with Crippen molar-refractivity contribution in [2.75, 3.05) is 19.0 Å². The lowest BCUT2D eigenvalue weighted by atomic mass is 9.87. The number of benzene rings is 1. The number of hydrogen-bond acceptors (Lipinski definition) is 6. The third-order valence-electron chi connectivity index (χ3n) is 4.70. The summed E-state index contributed by atoms with van der Waals surface area (Å²) in [5.74, 6) is 0.366. The molecule has 25 heavy (non-hydrogen) atoms. The number of hydrogen-bond donors (Lipinski definition) is 2.